The predicted molar refractivity (Wildman–Crippen MR) is 74.1 cm³/mol. The summed E-state index contributed by atoms with van der Waals surface area (Å²) in [6, 6.07) is 0.408. The van der Waals surface area contributed by atoms with E-state index in [1.807, 2.05) is 11.9 Å². The molecule has 0 spiro atoms. The lowest BCUT2D eigenvalue weighted by Gasteiger charge is -2.31. The van der Waals surface area contributed by atoms with Crippen molar-refractivity contribution in [2.45, 2.75) is 63.8 Å². The molecule has 18 heavy (non-hydrogen) atoms. The fourth-order valence-electron chi connectivity index (χ4n) is 3.77. The van der Waals surface area contributed by atoms with Gasteiger partial charge in [0.1, 0.15) is 0 Å². The van der Waals surface area contributed by atoms with Gasteiger partial charge in [-0.05, 0) is 44.1 Å². The van der Waals surface area contributed by atoms with Crippen LogP contribution in [0, 0.1) is 11.8 Å². The quantitative estimate of drug-likeness (QED) is 0.835. The molecule has 2 aliphatic carbocycles. The van der Waals surface area contributed by atoms with E-state index in [0.717, 1.165) is 19.4 Å². The van der Waals surface area contributed by atoms with E-state index in [0.29, 0.717) is 23.8 Å². The third-order valence-electron chi connectivity index (χ3n) is 5.00. The summed E-state index contributed by atoms with van der Waals surface area (Å²) in [7, 11) is 1.99. The molecule has 0 radical (unpaired) electrons. The third-order valence-corrected chi connectivity index (χ3v) is 5.00. The summed E-state index contributed by atoms with van der Waals surface area (Å²) in [4.78, 5) is 14.4. The van der Waals surface area contributed by atoms with Crippen LogP contribution in [0.2, 0.25) is 0 Å². The standard InChI is InChI=1S/C15H28N2O/c1-17(14-9-5-8-13(14)11-16)15(18)10-12-6-3-2-4-7-12/h12-14H,2-11,16H2,1H3. The molecule has 0 heterocycles. The van der Waals surface area contributed by atoms with Gasteiger partial charge >= 0.3 is 0 Å². The highest BCUT2D eigenvalue weighted by Gasteiger charge is 2.32. The smallest absolute Gasteiger partial charge is 0.222 e. The van der Waals surface area contributed by atoms with Crippen LogP contribution in [-0.2, 0) is 4.79 Å². The molecule has 0 aromatic rings. The Kier molecular flexibility index (Phi) is 5.04. The van der Waals surface area contributed by atoms with E-state index >= 15 is 0 Å². The van der Waals surface area contributed by atoms with Crippen LogP contribution in [-0.4, -0.2) is 30.4 Å². The van der Waals surface area contributed by atoms with Crippen LogP contribution in [0.3, 0.4) is 0 Å². The molecule has 2 atom stereocenters. The molecular weight excluding hydrogens is 224 g/mol. The fraction of sp³-hybridized carbons (Fsp3) is 0.933. The lowest BCUT2D eigenvalue weighted by Crippen LogP contribution is -2.42. The van der Waals surface area contributed by atoms with Crippen molar-refractivity contribution in [2.75, 3.05) is 13.6 Å². The Morgan fingerprint density at radius 3 is 2.50 bits per heavy atom. The SMILES string of the molecule is CN(C(=O)CC1CCCCC1)C1CCCC1CN. The van der Waals surface area contributed by atoms with Crippen LogP contribution in [0.15, 0.2) is 0 Å². The monoisotopic (exact) mass is 252 g/mol. The first kappa shape index (κ1) is 13.9. The number of hydrogen-bond acceptors (Lipinski definition) is 2. The largest absolute Gasteiger partial charge is 0.342 e. The van der Waals surface area contributed by atoms with Crippen LogP contribution in [0.4, 0.5) is 0 Å². The molecule has 2 N–H and O–H groups in total. The number of carbonyl (C=O) groups excluding carboxylic acids is 1. The van der Waals surface area contributed by atoms with E-state index in [4.69, 9.17) is 5.73 Å². The van der Waals surface area contributed by atoms with Crippen molar-refractivity contribution in [3.05, 3.63) is 0 Å². The highest BCUT2D eigenvalue weighted by atomic mass is 16.2. The summed E-state index contributed by atoms with van der Waals surface area (Å²) in [5.41, 5.74) is 5.81. The van der Waals surface area contributed by atoms with E-state index in [2.05, 4.69) is 0 Å². The molecule has 0 bridgehead atoms. The fourth-order valence-corrected chi connectivity index (χ4v) is 3.77. The first-order valence-electron chi connectivity index (χ1n) is 7.68. The number of carbonyl (C=O) groups is 1. The maximum absolute atomic E-state index is 12.3. The first-order valence-corrected chi connectivity index (χ1v) is 7.68. The van der Waals surface area contributed by atoms with Crippen molar-refractivity contribution in [2.24, 2.45) is 17.6 Å². The van der Waals surface area contributed by atoms with E-state index in [1.165, 1.54) is 44.9 Å². The Bertz CT molecular complexity index is 274. The second-order valence-corrected chi connectivity index (χ2v) is 6.21. The number of amides is 1. The van der Waals surface area contributed by atoms with Gasteiger partial charge in [-0.3, -0.25) is 4.79 Å². The average molecular weight is 252 g/mol. The topological polar surface area (TPSA) is 46.3 Å². The molecule has 0 aliphatic heterocycles. The third kappa shape index (κ3) is 3.25. The van der Waals surface area contributed by atoms with Gasteiger partial charge in [0.05, 0.1) is 0 Å². The molecule has 0 aromatic carbocycles. The molecular formula is C15H28N2O. The van der Waals surface area contributed by atoms with Crippen molar-refractivity contribution in [3.8, 4) is 0 Å². The molecule has 0 saturated heterocycles. The molecule has 2 rings (SSSR count). The van der Waals surface area contributed by atoms with E-state index in [-0.39, 0.29) is 0 Å². The van der Waals surface area contributed by atoms with Gasteiger partial charge in [-0.1, -0.05) is 25.7 Å². The first-order chi connectivity index (χ1) is 8.72. The minimum atomic E-state index is 0.354. The molecule has 2 unspecified atom stereocenters. The van der Waals surface area contributed by atoms with Crippen molar-refractivity contribution >= 4 is 5.91 Å². The van der Waals surface area contributed by atoms with Crippen molar-refractivity contribution in [1.29, 1.82) is 0 Å². The molecule has 2 fully saturated rings. The van der Waals surface area contributed by atoms with Crippen molar-refractivity contribution < 1.29 is 4.79 Å². The summed E-state index contributed by atoms with van der Waals surface area (Å²) < 4.78 is 0. The zero-order valence-corrected chi connectivity index (χ0v) is 11.7. The summed E-state index contributed by atoms with van der Waals surface area (Å²) in [6.45, 7) is 0.728. The van der Waals surface area contributed by atoms with Gasteiger partial charge in [-0.25, -0.2) is 0 Å². The van der Waals surface area contributed by atoms with E-state index < -0.39 is 0 Å². The Labute approximate surface area is 111 Å². The van der Waals surface area contributed by atoms with Crippen LogP contribution in [0.5, 0.6) is 0 Å². The van der Waals surface area contributed by atoms with Crippen LogP contribution in [0.1, 0.15) is 57.8 Å². The number of nitrogens with two attached hydrogens (primary N) is 1. The van der Waals surface area contributed by atoms with Crippen molar-refractivity contribution in [3.63, 3.8) is 0 Å². The lowest BCUT2D eigenvalue weighted by molar-refractivity contribution is -0.133. The predicted octanol–water partition coefficient (Wildman–Crippen LogP) is 2.54. The Balaban J connectivity index is 1.83. The maximum Gasteiger partial charge on any atom is 0.222 e. The van der Waals surface area contributed by atoms with Gasteiger partial charge < -0.3 is 10.6 Å². The molecule has 2 aliphatic rings. The molecule has 0 aromatic heterocycles. The second-order valence-electron chi connectivity index (χ2n) is 6.21. The van der Waals surface area contributed by atoms with Gasteiger partial charge in [0, 0.05) is 19.5 Å². The normalized spacial score (nSPS) is 29.4. The van der Waals surface area contributed by atoms with Gasteiger partial charge in [-0.2, -0.15) is 0 Å². The van der Waals surface area contributed by atoms with Gasteiger partial charge in [-0.15, -0.1) is 0 Å². The Morgan fingerprint density at radius 2 is 1.83 bits per heavy atom. The average Bonchev–Trinajstić information content (AvgIpc) is 2.87. The molecule has 3 heteroatoms. The Morgan fingerprint density at radius 1 is 1.11 bits per heavy atom. The summed E-state index contributed by atoms with van der Waals surface area (Å²) >= 11 is 0. The van der Waals surface area contributed by atoms with E-state index in [9.17, 15) is 4.79 Å². The molecule has 1 amide bonds. The minimum Gasteiger partial charge on any atom is -0.342 e. The number of nitrogens with zero attached hydrogens (tertiary/aromatic N) is 1. The van der Waals surface area contributed by atoms with Gasteiger partial charge in [0.15, 0.2) is 0 Å². The minimum absolute atomic E-state index is 0.354. The number of hydrogen-bond donors (Lipinski definition) is 1. The van der Waals surface area contributed by atoms with Crippen LogP contribution < -0.4 is 5.73 Å². The van der Waals surface area contributed by atoms with Crippen LogP contribution >= 0.6 is 0 Å². The van der Waals surface area contributed by atoms with Crippen LogP contribution in [0.25, 0.3) is 0 Å². The van der Waals surface area contributed by atoms with E-state index in [1.54, 1.807) is 0 Å². The molecule has 3 nitrogen and oxygen atoms in total. The summed E-state index contributed by atoms with van der Waals surface area (Å²) in [5.74, 6) is 1.53. The van der Waals surface area contributed by atoms with Gasteiger partial charge in [0.2, 0.25) is 5.91 Å². The zero-order valence-electron chi connectivity index (χ0n) is 11.7. The van der Waals surface area contributed by atoms with Crippen molar-refractivity contribution in [1.82, 2.24) is 4.90 Å². The Hall–Kier alpha value is -0.570. The zero-order chi connectivity index (χ0) is 13.0. The number of rotatable bonds is 4. The summed E-state index contributed by atoms with van der Waals surface area (Å²) in [5, 5.41) is 0. The lowest BCUT2D eigenvalue weighted by atomic mass is 9.86. The second kappa shape index (κ2) is 6.55. The highest BCUT2D eigenvalue weighted by Crippen LogP contribution is 2.31. The highest BCUT2D eigenvalue weighted by molar-refractivity contribution is 5.76. The van der Waals surface area contributed by atoms with Gasteiger partial charge in [0.25, 0.3) is 0 Å². The summed E-state index contributed by atoms with van der Waals surface area (Å²) in [6.07, 6.45) is 10.8. The maximum atomic E-state index is 12.3. The molecule has 2 saturated carbocycles. The molecule has 104 valence electrons.